The number of halogens is 2. The Bertz CT molecular complexity index is 925. The molecule has 0 aliphatic rings. The van der Waals surface area contributed by atoms with E-state index in [0.29, 0.717) is 13.0 Å². The molecular weight excluding hydrogens is 395 g/mol. The fourth-order valence-corrected chi connectivity index (χ4v) is 4.23. The zero-order chi connectivity index (χ0) is 18.5. The van der Waals surface area contributed by atoms with Crippen molar-refractivity contribution in [1.82, 2.24) is 5.32 Å². The lowest BCUT2D eigenvalue weighted by atomic mass is 10.3. The van der Waals surface area contributed by atoms with E-state index in [1.165, 1.54) is 21.9 Å². The minimum Gasteiger partial charge on any atom is -0.347 e. The highest BCUT2D eigenvalue weighted by atomic mass is 35.5. The van der Waals surface area contributed by atoms with Gasteiger partial charge in [-0.1, -0.05) is 17.7 Å². The summed E-state index contributed by atoms with van der Waals surface area (Å²) in [4.78, 5) is 27.2. The molecule has 2 amide bonds. The molecule has 3 aromatic rings. The third-order valence-electron chi connectivity index (χ3n) is 3.47. The Morgan fingerprint density at radius 3 is 2.65 bits per heavy atom. The SMILES string of the molecule is O=C(NCCc1ccc(-c2cccs2)s1)C(=O)Nc1ccc(F)c(Cl)c1. The van der Waals surface area contributed by atoms with Crippen LogP contribution in [0.5, 0.6) is 0 Å². The van der Waals surface area contributed by atoms with Gasteiger partial charge in [-0.2, -0.15) is 0 Å². The Morgan fingerprint density at radius 2 is 1.92 bits per heavy atom. The average molecular weight is 409 g/mol. The van der Waals surface area contributed by atoms with Crippen molar-refractivity contribution in [3.05, 3.63) is 63.6 Å². The van der Waals surface area contributed by atoms with Gasteiger partial charge in [0.05, 0.1) is 5.02 Å². The van der Waals surface area contributed by atoms with Gasteiger partial charge < -0.3 is 10.6 Å². The first-order chi connectivity index (χ1) is 12.5. The van der Waals surface area contributed by atoms with Gasteiger partial charge in [-0.25, -0.2) is 4.39 Å². The van der Waals surface area contributed by atoms with E-state index in [2.05, 4.69) is 22.8 Å². The van der Waals surface area contributed by atoms with Gasteiger partial charge in [-0.05, 0) is 48.2 Å². The van der Waals surface area contributed by atoms with Crippen LogP contribution >= 0.6 is 34.3 Å². The number of hydrogen-bond acceptors (Lipinski definition) is 4. The molecule has 0 bridgehead atoms. The molecule has 8 heteroatoms. The molecule has 0 radical (unpaired) electrons. The summed E-state index contributed by atoms with van der Waals surface area (Å²) in [6.07, 6.45) is 0.636. The smallest absolute Gasteiger partial charge is 0.313 e. The predicted molar refractivity (Wildman–Crippen MR) is 104 cm³/mol. The van der Waals surface area contributed by atoms with Gasteiger partial charge in [0.25, 0.3) is 0 Å². The van der Waals surface area contributed by atoms with E-state index in [0.717, 1.165) is 10.9 Å². The highest BCUT2D eigenvalue weighted by Crippen LogP contribution is 2.31. The van der Waals surface area contributed by atoms with Crippen LogP contribution in [0, 0.1) is 5.82 Å². The molecule has 2 aromatic heterocycles. The molecule has 0 unspecified atom stereocenters. The molecule has 2 heterocycles. The number of nitrogens with one attached hydrogen (secondary N) is 2. The zero-order valence-corrected chi connectivity index (χ0v) is 15.8. The van der Waals surface area contributed by atoms with Crippen molar-refractivity contribution in [1.29, 1.82) is 0 Å². The number of thiophene rings is 2. The van der Waals surface area contributed by atoms with Crippen LogP contribution in [0.3, 0.4) is 0 Å². The summed E-state index contributed by atoms with van der Waals surface area (Å²) in [6.45, 7) is 0.348. The second kappa shape index (κ2) is 8.44. The molecule has 0 saturated heterocycles. The summed E-state index contributed by atoms with van der Waals surface area (Å²) in [5, 5.41) is 6.86. The molecule has 0 aliphatic carbocycles. The maximum absolute atomic E-state index is 13.1. The number of benzene rings is 1. The van der Waals surface area contributed by atoms with Crippen LogP contribution in [0.4, 0.5) is 10.1 Å². The number of anilines is 1. The van der Waals surface area contributed by atoms with Crippen LogP contribution < -0.4 is 10.6 Å². The molecule has 0 fully saturated rings. The van der Waals surface area contributed by atoms with Gasteiger partial charge in [0, 0.05) is 26.9 Å². The first-order valence-corrected chi connectivity index (χ1v) is 9.77. The van der Waals surface area contributed by atoms with Crippen molar-refractivity contribution >= 4 is 51.8 Å². The second-order valence-corrected chi connectivity index (χ2v) is 7.86. The van der Waals surface area contributed by atoms with Gasteiger partial charge in [0.2, 0.25) is 0 Å². The summed E-state index contributed by atoms with van der Waals surface area (Å²) in [6, 6.07) is 11.9. The van der Waals surface area contributed by atoms with E-state index in [4.69, 9.17) is 11.6 Å². The Kier molecular flexibility index (Phi) is 6.03. The molecule has 0 aliphatic heterocycles. The first-order valence-electron chi connectivity index (χ1n) is 7.70. The van der Waals surface area contributed by atoms with Gasteiger partial charge in [0.1, 0.15) is 5.82 Å². The summed E-state index contributed by atoms with van der Waals surface area (Å²) in [5.74, 6) is -2.16. The standard InChI is InChI=1S/C18H14ClFN2O2S2/c19-13-10-11(3-5-14(13)20)22-18(24)17(23)21-8-7-12-4-6-16(26-12)15-2-1-9-25-15/h1-6,9-10H,7-8H2,(H,21,23)(H,22,24). The lowest BCUT2D eigenvalue weighted by Gasteiger charge is -2.06. The molecule has 4 nitrogen and oxygen atoms in total. The molecular formula is C18H14ClFN2O2S2. The molecule has 134 valence electrons. The Hall–Kier alpha value is -2.22. The van der Waals surface area contributed by atoms with Crippen LogP contribution in [0.15, 0.2) is 47.8 Å². The largest absolute Gasteiger partial charge is 0.347 e. The van der Waals surface area contributed by atoms with Gasteiger partial charge in [-0.15, -0.1) is 22.7 Å². The van der Waals surface area contributed by atoms with Gasteiger partial charge in [-0.3, -0.25) is 9.59 Å². The zero-order valence-electron chi connectivity index (χ0n) is 13.4. The van der Waals surface area contributed by atoms with E-state index in [9.17, 15) is 14.0 Å². The highest BCUT2D eigenvalue weighted by molar-refractivity contribution is 7.21. The molecule has 2 N–H and O–H groups in total. The summed E-state index contributed by atoms with van der Waals surface area (Å²) >= 11 is 8.99. The number of carbonyl (C=O) groups excluding carboxylic acids is 2. The number of carbonyl (C=O) groups is 2. The quantitative estimate of drug-likeness (QED) is 0.608. The van der Waals surface area contributed by atoms with E-state index >= 15 is 0 Å². The monoisotopic (exact) mass is 408 g/mol. The topological polar surface area (TPSA) is 58.2 Å². The minimum absolute atomic E-state index is 0.123. The van der Waals surface area contributed by atoms with E-state index in [1.54, 1.807) is 22.7 Å². The van der Waals surface area contributed by atoms with Crippen molar-refractivity contribution in [3.63, 3.8) is 0 Å². The normalized spacial score (nSPS) is 10.5. The van der Waals surface area contributed by atoms with Crippen molar-refractivity contribution in [2.45, 2.75) is 6.42 Å². The van der Waals surface area contributed by atoms with Crippen LogP contribution in [0.25, 0.3) is 9.75 Å². The number of amides is 2. The maximum atomic E-state index is 13.1. The van der Waals surface area contributed by atoms with Crippen LogP contribution in [-0.2, 0) is 16.0 Å². The fraction of sp³-hybridized carbons (Fsp3) is 0.111. The molecule has 0 saturated carbocycles. The third kappa shape index (κ3) is 4.69. The van der Waals surface area contributed by atoms with Crippen LogP contribution in [-0.4, -0.2) is 18.4 Å². The number of rotatable bonds is 5. The lowest BCUT2D eigenvalue weighted by Crippen LogP contribution is -2.36. The van der Waals surface area contributed by atoms with Crippen molar-refractivity contribution in [2.24, 2.45) is 0 Å². The predicted octanol–water partition coefficient (Wildman–Crippen LogP) is 4.57. The van der Waals surface area contributed by atoms with E-state index < -0.39 is 17.6 Å². The molecule has 0 spiro atoms. The van der Waals surface area contributed by atoms with E-state index in [-0.39, 0.29) is 10.7 Å². The maximum Gasteiger partial charge on any atom is 0.313 e. The summed E-state index contributed by atoms with van der Waals surface area (Å²) in [7, 11) is 0. The Morgan fingerprint density at radius 1 is 1.08 bits per heavy atom. The van der Waals surface area contributed by atoms with Gasteiger partial charge in [0.15, 0.2) is 0 Å². The third-order valence-corrected chi connectivity index (χ3v) is 5.97. The first kappa shape index (κ1) is 18.6. The van der Waals surface area contributed by atoms with E-state index in [1.807, 2.05) is 17.5 Å². The lowest BCUT2D eigenvalue weighted by molar-refractivity contribution is -0.136. The number of hydrogen-bond donors (Lipinski definition) is 2. The Labute approximate surface area is 162 Å². The fourth-order valence-electron chi connectivity index (χ4n) is 2.20. The molecule has 26 heavy (non-hydrogen) atoms. The average Bonchev–Trinajstić information content (AvgIpc) is 3.29. The Balaban J connectivity index is 1.47. The second-order valence-electron chi connectivity index (χ2n) is 5.33. The van der Waals surface area contributed by atoms with Gasteiger partial charge >= 0.3 is 11.8 Å². The van der Waals surface area contributed by atoms with Crippen LogP contribution in [0.2, 0.25) is 5.02 Å². The molecule has 0 atom stereocenters. The van der Waals surface area contributed by atoms with Crippen molar-refractivity contribution in [3.8, 4) is 9.75 Å². The molecule has 3 rings (SSSR count). The van der Waals surface area contributed by atoms with Crippen LogP contribution in [0.1, 0.15) is 4.88 Å². The van der Waals surface area contributed by atoms with Crippen molar-refractivity contribution in [2.75, 3.05) is 11.9 Å². The summed E-state index contributed by atoms with van der Waals surface area (Å²) < 4.78 is 13.1. The molecule has 1 aromatic carbocycles. The highest BCUT2D eigenvalue weighted by Gasteiger charge is 2.14. The minimum atomic E-state index is -0.821. The summed E-state index contributed by atoms with van der Waals surface area (Å²) in [5.41, 5.74) is 0.260. The van der Waals surface area contributed by atoms with Crippen molar-refractivity contribution < 1.29 is 14.0 Å².